The summed E-state index contributed by atoms with van der Waals surface area (Å²) in [4.78, 5) is 11.3. The van der Waals surface area contributed by atoms with Gasteiger partial charge in [0.1, 0.15) is 11.8 Å². The summed E-state index contributed by atoms with van der Waals surface area (Å²) in [6, 6.07) is 6.92. The number of para-hydroxylation sites is 1. The first-order chi connectivity index (χ1) is 9.60. The predicted octanol–water partition coefficient (Wildman–Crippen LogP) is 3.56. The minimum atomic E-state index is -1.22. The van der Waals surface area contributed by atoms with Crippen LogP contribution in [0.25, 0.3) is 0 Å². The van der Waals surface area contributed by atoms with E-state index in [1.54, 1.807) is 25.1 Å². The highest BCUT2D eigenvalue weighted by Gasteiger charge is 2.16. The third kappa shape index (κ3) is 4.79. The summed E-state index contributed by atoms with van der Waals surface area (Å²) in [5.74, 6) is -0.321. The van der Waals surface area contributed by atoms with Crippen molar-refractivity contribution < 1.29 is 14.3 Å². The molecule has 0 saturated heterocycles. The largest absolute Gasteiger partial charge is 0.475 e. The highest BCUT2D eigenvalue weighted by molar-refractivity contribution is 9.10. The number of nitriles is 1. The SMILES string of the molecule is CCOC(=O)C(Cl)N=Nc1cccc(Br)c1OCC#N. The Labute approximate surface area is 129 Å². The van der Waals surface area contributed by atoms with E-state index in [4.69, 9.17) is 26.3 Å². The summed E-state index contributed by atoms with van der Waals surface area (Å²) in [5, 5.41) is 16.0. The fraction of sp³-hybridized carbons (Fsp3) is 0.333. The molecule has 0 aliphatic heterocycles. The molecule has 8 heteroatoms. The zero-order chi connectivity index (χ0) is 15.0. The molecule has 20 heavy (non-hydrogen) atoms. The molecule has 0 spiro atoms. The van der Waals surface area contributed by atoms with Gasteiger partial charge in [0.05, 0.1) is 11.1 Å². The number of halogens is 2. The summed E-state index contributed by atoms with van der Waals surface area (Å²) in [6.07, 6.45) is 0. The quantitative estimate of drug-likeness (QED) is 0.336. The van der Waals surface area contributed by atoms with Gasteiger partial charge >= 0.3 is 5.97 Å². The van der Waals surface area contributed by atoms with E-state index in [2.05, 4.69) is 26.2 Å². The molecule has 0 heterocycles. The minimum Gasteiger partial charge on any atom is -0.475 e. The van der Waals surface area contributed by atoms with Crippen molar-refractivity contribution in [2.24, 2.45) is 10.2 Å². The maximum Gasteiger partial charge on any atom is 0.348 e. The molecule has 6 nitrogen and oxygen atoms in total. The van der Waals surface area contributed by atoms with Crippen LogP contribution in [0, 0.1) is 11.3 Å². The van der Waals surface area contributed by atoms with Gasteiger partial charge < -0.3 is 9.47 Å². The normalized spacial score (nSPS) is 11.9. The Morgan fingerprint density at radius 3 is 3.00 bits per heavy atom. The Hall–Kier alpha value is -1.65. The minimum absolute atomic E-state index is 0.132. The van der Waals surface area contributed by atoms with Crippen LogP contribution in [0.1, 0.15) is 6.92 Å². The van der Waals surface area contributed by atoms with Gasteiger partial charge in [-0.2, -0.15) is 10.4 Å². The van der Waals surface area contributed by atoms with Gasteiger partial charge in [-0.15, -0.1) is 5.11 Å². The fourth-order valence-corrected chi connectivity index (χ4v) is 1.77. The molecule has 0 aliphatic carbocycles. The van der Waals surface area contributed by atoms with Gasteiger partial charge in [0.15, 0.2) is 12.4 Å². The van der Waals surface area contributed by atoms with E-state index >= 15 is 0 Å². The Morgan fingerprint density at radius 1 is 1.60 bits per heavy atom. The van der Waals surface area contributed by atoms with Crippen LogP contribution in [0.2, 0.25) is 0 Å². The number of alkyl halides is 1. The molecule has 1 unspecified atom stereocenters. The molecule has 1 atom stereocenters. The lowest BCUT2D eigenvalue weighted by atomic mass is 10.3. The lowest BCUT2D eigenvalue weighted by molar-refractivity contribution is -0.142. The van der Waals surface area contributed by atoms with Gasteiger partial charge in [0, 0.05) is 0 Å². The standard InChI is InChI=1S/C12H11BrClN3O3/c1-2-19-12(18)11(14)17-16-9-5-3-4-8(13)10(9)20-7-6-15/h3-5,11H,2,7H2,1H3. The average molecular weight is 361 g/mol. The molecule has 0 amide bonds. The smallest absolute Gasteiger partial charge is 0.348 e. The Kier molecular flexibility index (Phi) is 6.98. The van der Waals surface area contributed by atoms with Gasteiger partial charge in [-0.1, -0.05) is 17.7 Å². The second-order valence-electron chi connectivity index (χ2n) is 3.34. The first kappa shape index (κ1) is 16.4. The van der Waals surface area contributed by atoms with Gasteiger partial charge in [0.25, 0.3) is 0 Å². The van der Waals surface area contributed by atoms with E-state index in [1.807, 2.05) is 6.07 Å². The van der Waals surface area contributed by atoms with Crippen molar-refractivity contribution in [3.63, 3.8) is 0 Å². The lowest BCUT2D eigenvalue weighted by Gasteiger charge is -2.07. The summed E-state index contributed by atoms with van der Waals surface area (Å²) in [5.41, 5.74) is -0.873. The first-order valence-corrected chi connectivity index (χ1v) is 6.83. The van der Waals surface area contributed by atoms with E-state index in [0.29, 0.717) is 15.9 Å². The van der Waals surface area contributed by atoms with E-state index < -0.39 is 11.5 Å². The van der Waals surface area contributed by atoms with Crippen molar-refractivity contribution in [1.82, 2.24) is 0 Å². The van der Waals surface area contributed by atoms with E-state index in [0.717, 1.165) is 0 Å². The molecule has 0 fully saturated rings. The summed E-state index contributed by atoms with van der Waals surface area (Å²) in [7, 11) is 0. The van der Waals surface area contributed by atoms with Crippen molar-refractivity contribution in [1.29, 1.82) is 5.26 Å². The van der Waals surface area contributed by atoms with Crippen LogP contribution < -0.4 is 4.74 Å². The fourth-order valence-electron chi connectivity index (χ4n) is 1.19. The highest BCUT2D eigenvalue weighted by Crippen LogP contribution is 2.35. The molecule has 106 valence electrons. The zero-order valence-electron chi connectivity index (χ0n) is 10.5. The van der Waals surface area contributed by atoms with Gasteiger partial charge in [-0.3, -0.25) is 0 Å². The van der Waals surface area contributed by atoms with Crippen LogP contribution in [0.5, 0.6) is 5.75 Å². The van der Waals surface area contributed by atoms with Crippen LogP contribution >= 0.6 is 27.5 Å². The molecule has 1 aromatic carbocycles. The molecule has 0 N–H and O–H groups in total. The predicted molar refractivity (Wildman–Crippen MR) is 76.0 cm³/mol. The Bertz CT molecular complexity index is 545. The number of esters is 1. The third-order valence-electron chi connectivity index (χ3n) is 1.98. The van der Waals surface area contributed by atoms with Gasteiger partial charge in [-0.25, -0.2) is 4.79 Å². The number of nitrogens with zero attached hydrogens (tertiary/aromatic N) is 3. The molecule has 1 rings (SSSR count). The second kappa shape index (κ2) is 8.51. The number of azo groups is 1. The number of hydrogen-bond donors (Lipinski definition) is 0. The van der Waals surface area contributed by atoms with E-state index in [9.17, 15) is 4.79 Å². The highest BCUT2D eigenvalue weighted by atomic mass is 79.9. The van der Waals surface area contributed by atoms with Gasteiger partial charge in [-0.05, 0) is 35.0 Å². The average Bonchev–Trinajstić information content (AvgIpc) is 2.44. The molecule has 0 bridgehead atoms. The number of benzene rings is 1. The summed E-state index contributed by atoms with van der Waals surface area (Å²) < 4.78 is 10.6. The Morgan fingerprint density at radius 2 is 2.35 bits per heavy atom. The topological polar surface area (TPSA) is 84.0 Å². The molecular formula is C12H11BrClN3O3. The maximum atomic E-state index is 11.3. The van der Waals surface area contributed by atoms with Crippen LogP contribution in [0.15, 0.2) is 32.9 Å². The molecule has 0 aromatic heterocycles. The molecule has 0 aliphatic rings. The zero-order valence-corrected chi connectivity index (χ0v) is 12.9. The lowest BCUT2D eigenvalue weighted by Crippen LogP contribution is -2.15. The molecule has 1 aromatic rings. The number of ether oxygens (including phenoxy) is 2. The van der Waals surface area contributed by atoms with E-state index in [-0.39, 0.29) is 13.2 Å². The van der Waals surface area contributed by atoms with Crippen LogP contribution in [-0.4, -0.2) is 24.7 Å². The van der Waals surface area contributed by atoms with Crippen molar-refractivity contribution in [2.75, 3.05) is 13.2 Å². The molecule has 0 saturated carbocycles. The number of rotatable bonds is 6. The van der Waals surface area contributed by atoms with Crippen molar-refractivity contribution in [3.05, 3.63) is 22.7 Å². The second-order valence-corrected chi connectivity index (χ2v) is 4.61. The summed E-state index contributed by atoms with van der Waals surface area (Å²) in [6.45, 7) is 1.75. The van der Waals surface area contributed by atoms with Crippen LogP contribution in [0.4, 0.5) is 5.69 Å². The monoisotopic (exact) mass is 359 g/mol. The van der Waals surface area contributed by atoms with Gasteiger partial charge in [0.2, 0.25) is 5.50 Å². The van der Waals surface area contributed by atoms with E-state index in [1.165, 1.54) is 0 Å². The summed E-state index contributed by atoms with van der Waals surface area (Å²) >= 11 is 8.99. The van der Waals surface area contributed by atoms with Crippen molar-refractivity contribution in [2.45, 2.75) is 12.4 Å². The third-order valence-corrected chi connectivity index (χ3v) is 2.87. The number of carbonyl (C=O) groups is 1. The van der Waals surface area contributed by atoms with Crippen LogP contribution in [0.3, 0.4) is 0 Å². The van der Waals surface area contributed by atoms with Crippen molar-refractivity contribution >= 4 is 39.2 Å². The maximum absolute atomic E-state index is 11.3. The number of carbonyl (C=O) groups excluding carboxylic acids is 1. The first-order valence-electron chi connectivity index (χ1n) is 5.60. The molecular weight excluding hydrogens is 350 g/mol. The molecule has 0 radical (unpaired) electrons. The van der Waals surface area contributed by atoms with Crippen molar-refractivity contribution in [3.8, 4) is 11.8 Å². The number of hydrogen-bond acceptors (Lipinski definition) is 6. The van der Waals surface area contributed by atoms with Crippen LogP contribution in [-0.2, 0) is 9.53 Å². The Balaban J connectivity index is 2.89.